The third kappa shape index (κ3) is 3.96. The molecule has 2 atom stereocenters. The Morgan fingerprint density at radius 2 is 1.95 bits per heavy atom. The van der Waals surface area contributed by atoms with E-state index < -0.39 is 11.6 Å². The van der Waals surface area contributed by atoms with Crippen molar-refractivity contribution < 1.29 is 19.4 Å². The normalized spacial score (nSPS) is 15.4. The quantitative estimate of drug-likeness (QED) is 0.802. The number of aliphatic hydroxyl groups is 1. The average Bonchev–Trinajstić information content (AvgIpc) is 2.39. The van der Waals surface area contributed by atoms with Gasteiger partial charge in [-0.2, -0.15) is 0 Å². The maximum atomic E-state index is 11.7. The summed E-state index contributed by atoms with van der Waals surface area (Å²) in [6.45, 7) is 5.33. The maximum Gasteiger partial charge on any atom is 0.338 e. The molecule has 0 aromatic heterocycles. The van der Waals surface area contributed by atoms with E-state index in [1.54, 1.807) is 14.0 Å². The Morgan fingerprint density at radius 1 is 1.37 bits per heavy atom. The van der Waals surface area contributed by atoms with Crippen molar-refractivity contribution in [2.45, 2.75) is 32.8 Å². The Bertz CT molecular complexity index is 409. The van der Waals surface area contributed by atoms with Crippen molar-refractivity contribution in [2.75, 3.05) is 13.7 Å². The van der Waals surface area contributed by atoms with E-state index >= 15 is 0 Å². The third-order valence-electron chi connectivity index (χ3n) is 3.35. The van der Waals surface area contributed by atoms with Gasteiger partial charge >= 0.3 is 5.97 Å². The number of hydrogen-bond acceptors (Lipinski definition) is 4. The summed E-state index contributed by atoms with van der Waals surface area (Å²) in [4.78, 5) is 11.7. The maximum absolute atomic E-state index is 11.7. The van der Waals surface area contributed by atoms with Crippen LogP contribution in [0.5, 0.6) is 5.75 Å². The summed E-state index contributed by atoms with van der Waals surface area (Å²) in [6.07, 6.45) is 0.593. The zero-order valence-electron chi connectivity index (χ0n) is 12.0. The number of carbonyl (C=O) groups is 1. The first-order chi connectivity index (χ1) is 8.91. The van der Waals surface area contributed by atoms with E-state index in [9.17, 15) is 9.90 Å². The first-order valence-electron chi connectivity index (χ1n) is 6.44. The van der Waals surface area contributed by atoms with Crippen molar-refractivity contribution in [1.29, 1.82) is 0 Å². The Hall–Kier alpha value is -1.55. The fourth-order valence-electron chi connectivity index (χ4n) is 1.79. The minimum Gasteiger partial charge on any atom is -0.497 e. The first kappa shape index (κ1) is 15.5. The number of hydrogen-bond donors (Lipinski definition) is 1. The fourth-order valence-corrected chi connectivity index (χ4v) is 1.79. The molecule has 0 saturated heterocycles. The molecule has 0 aliphatic heterocycles. The Balaban J connectivity index is 2.71. The number of rotatable bonds is 6. The lowest BCUT2D eigenvalue weighted by Gasteiger charge is -2.28. The molecule has 0 aliphatic rings. The van der Waals surface area contributed by atoms with Gasteiger partial charge in [0.05, 0.1) is 13.7 Å². The van der Waals surface area contributed by atoms with Crippen LogP contribution in [-0.2, 0) is 16.0 Å². The molecule has 2 unspecified atom stereocenters. The molecule has 0 heterocycles. The van der Waals surface area contributed by atoms with Crippen molar-refractivity contribution in [2.24, 2.45) is 5.92 Å². The summed E-state index contributed by atoms with van der Waals surface area (Å²) >= 11 is 0. The smallest absolute Gasteiger partial charge is 0.338 e. The van der Waals surface area contributed by atoms with Crippen LogP contribution in [0.2, 0.25) is 0 Å². The van der Waals surface area contributed by atoms with Gasteiger partial charge in [0, 0.05) is 0 Å². The molecule has 0 bridgehead atoms. The molecular formula is C15H22O4. The highest BCUT2D eigenvalue weighted by molar-refractivity contribution is 5.79. The van der Waals surface area contributed by atoms with E-state index in [1.807, 2.05) is 31.2 Å². The fraction of sp³-hybridized carbons (Fsp3) is 0.533. The second-order valence-electron chi connectivity index (χ2n) is 4.82. The van der Waals surface area contributed by atoms with Crippen LogP contribution in [0.1, 0.15) is 26.3 Å². The van der Waals surface area contributed by atoms with Crippen LogP contribution < -0.4 is 4.74 Å². The molecule has 106 valence electrons. The number of esters is 1. The molecule has 1 aromatic rings. The third-order valence-corrected chi connectivity index (χ3v) is 3.35. The van der Waals surface area contributed by atoms with E-state index in [0.717, 1.165) is 11.3 Å². The second kappa shape index (κ2) is 6.57. The minimum atomic E-state index is -1.48. The lowest BCUT2D eigenvalue weighted by molar-refractivity contribution is -0.168. The van der Waals surface area contributed by atoms with Crippen LogP contribution in [0.3, 0.4) is 0 Å². The molecule has 1 rings (SSSR count). The molecule has 0 fully saturated rings. The Labute approximate surface area is 114 Å². The molecule has 1 N–H and O–H groups in total. The van der Waals surface area contributed by atoms with Crippen molar-refractivity contribution in [3.05, 3.63) is 29.8 Å². The van der Waals surface area contributed by atoms with Gasteiger partial charge in [-0.05, 0) is 43.9 Å². The van der Waals surface area contributed by atoms with Gasteiger partial charge < -0.3 is 14.6 Å². The van der Waals surface area contributed by atoms with Crippen molar-refractivity contribution in [3.63, 3.8) is 0 Å². The summed E-state index contributed by atoms with van der Waals surface area (Å²) in [6, 6.07) is 7.58. The second-order valence-corrected chi connectivity index (χ2v) is 4.82. The average molecular weight is 266 g/mol. The highest BCUT2D eigenvalue weighted by Gasteiger charge is 2.37. The summed E-state index contributed by atoms with van der Waals surface area (Å²) in [7, 11) is 1.61. The van der Waals surface area contributed by atoms with Gasteiger partial charge in [-0.3, -0.25) is 0 Å². The number of benzene rings is 1. The Kier molecular flexibility index (Phi) is 5.36. The van der Waals surface area contributed by atoms with Gasteiger partial charge in [0.25, 0.3) is 0 Å². The van der Waals surface area contributed by atoms with Crippen LogP contribution in [0, 0.1) is 5.92 Å². The lowest BCUT2D eigenvalue weighted by atomic mass is 9.85. The van der Waals surface area contributed by atoms with E-state index in [0.29, 0.717) is 6.42 Å². The van der Waals surface area contributed by atoms with Crippen molar-refractivity contribution >= 4 is 5.97 Å². The summed E-state index contributed by atoms with van der Waals surface area (Å²) < 4.78 is 9.98. The molecular weight excluding hydrogens is 244 g/mol. The molecule has 4 nitrogen and oxygen atoms in total. The van der Waals surface area contributed by atoms with Crippen molar-refractivity contribution in [3.8, 4) is 5.75 Å². The molecule has 0 radical (unpaired) electrons. The number of carbonyl (C=O) groups excluding carboxylic acids is 1. The SMILES string of the molecule is CCOC(=O)C(C)(O)C(C)Cc1ccc(OC)cc1. The molecule has 0 spiro atoms. The largest absolute Gasteiger partial charge is 0.497 e. The van der Waals surface area contributed by atoms with Gasteiger partial charge in [-0.1, -0.05) is 19.1 Å². The van der Waals surface area contributed by atoms with Gasteiger partial charge in [0.1, 0.15) is 5.75 Å². The van der Waals surface area contributed by atoms with E-state index in [1.165, 1.54) is 6.92 Å². The van der Waals surface area contributed by atoms with E-state index in [-0.39, 0.29) is 12.5 Å². The molecule has 1 aromatic carbocycles. The molecule has 0 saturated carbocycles. The molecule has 0 aliphatic carbocycles. The highest BCUT2D eigenvalue weighted by Crippen LogP contribution is 2.24. The first-order valence-corrected chi connectivity index (χ1v) is 6.44. The zero-order chi connectivity index (χ0) is 14.5. The van der Waals surface area contributed by atoms with Gasteiger partial charge in [0.15, 0.2) is 5.60 Å². The molecule has 4 heteroatoms. The summed E-state index contributed by atoms with van der Waals surface area (Å²) in [5, 5.41) is 10.2. The van der Waals surface area contributed by atoms with Gasteiger partial charge in [0.2, 0.25) is 0 Å². The van der Waals surface area contributed by atoms with Crippen LogP contribution >= 0.6 is 0 Å². The monoisotopic (exact) mass is 266 g/mol. The van der Waals surface area contributed by atoms with E-state index in [2.05, 4.69) is 0 Å². The van der Waals surface area contributed by atoms with Crippen LogP contribution in [0.4, 0.5) is 0 Å². The minimum absolute atomic E-state index is 0.236. The molecule has 19 heavy (non-hydrogen) atoms. The number of methoxy groups -OCH3 is 1. The molecule has 0 amide bonds. The lowest BCUT2D eigenvalue weighted by Crippen LogP contribution is -2.43. The van der Waals surface area contributed by atoms with Crippen LogP contribution in [0.15, 0.2) is 24.3 Å². The van der Waals surface area contributed by atoms with Gasteiger partial charge in [-0.25, -0.2) is 4.79 Å². The zero-order valence-corrected chi connectivity index (χ0v) is 12.0. The Morgan fingerprint density at radius 3 is 2.42 bits per heavy atom. The topological polar surface area (TPSA) is 55.8 Å². The van der Waals surface area contributed by atoms with Crippen molar-refractivity contribution in [1.82, 2.24) is 0 Å². The predicted octanol–water partition coefficient (Wildman–Crippen LogP) is 2.19. The predicted molar refractivity (Wildman–Crippen MR) is 73.1 cm³/mol. The van der Waals surface area contributed by atoms with Crippen LogP contribution in [0.25, 0.3) is 0 Å². The highest BCUT2D eigenvalue weighted by atomic mass is 16.5. The number of ether oxygens (including phenoxy) is 2. The van der Waals surface area contributed by atoms with Crippen LogP contribution in [-0.4, -0.2) is 30.4 Å². The van der Waals surface area contributed by atoms with E-state index in [4.69, 9.17) is 9.47 Å². The summed E-state index contributed by atoms with van der Waals surface area (Å²) in [5.74, 6) is -0.0236. The van der Waals surface area contributed by atoms with Gasteiger partial charge in [-0.15, -0.1) is 0 Å². The standard InChI is InChI=1S/C15H22O4/c1-5-19-14(16)15(3,17)11(2)10-12-6-8-13(18-4)9-7-12/h6-9,11,17H,5,10H2,1-4H3. The summed E-state index contributed by atoms with van der Waals surface area (Å²) in [5.41, 5.74) is -0.437.